The van der Waals surface area contributed by atoms with E-state index in [0.29, 0.717) is 0 Å². The third-order valence-electron chi connectivity index (χ3n) is 3.82. The molecule has 0 unspecified atom stereocenters. The van der Waals surface area contributed by atoms with E-state index in [1.54, 1.807) is 0 Å². The molecule has 0 amide bonds. The first kappa shape index (κ1) is 13.5. The molecule has 0 saturated heterocycles. The molecule has 0 atom stereocenters. The van der Waals surface area contributed by atoms with Gasteiger partial charge >= 0.3 is 0 Å². The van der Waals surface area contributed by atoms with Crippen LogP contribution in [0.15, 0.2) is 64.8 Å². The number of aryl methyl sites for hydroxylation is 3. The van der Waals surface area contributed by atoms with Crippen molar-refractivity contribution >= 4 is 22.1 Å². The molecule has 0 aliphatic carbocycles. The quantitative estimate of drug-likeness (QED) is 0.498. The van der Waals surface area contributed by atoms with Crippen molar-refractivity contribution in [2.45, 2.75) is 20.8 Å². The van der Waals surface area contributed by atoms with Crippen LogP contribution in [0.3, 0.4) is 0 Å². The van der Waals surface area contributed by atoms with Crippen LogP contribution in [0, 0.1) is 20.8 Å². The third-order valence-corrected chi connectivity index (χ3v) is 3.82. The number of hydrogen-bond acceptors (Lipinski definition) is 2. The molecule has 0 bridgehead atoms. The van der Waals surface area contributed by atoms with Gasteiger partial charge in [0.05, 0.1) is 11.4 Å². The van der Waals surface area contributed by atoms with Gasteiger partial charge in [0.15, 0.2) is 0 Å². The monoisotopic (exact) mass is 274 g/mol. The predicted molar refractivity (Wildman–Crippen MR) is 88.8 cm³/mol. The lowest BCUT2D eigenvalue weighted by Gasteiger charge is -2.04. The first-order valence-electron chi connectivity index (χ1n) is 7.12. The van der Waals surface area contributed by atoms with Crippen molar-refractivity contribution in [2.75, 3.05) is 0 Å². The molecule has 0 fully saturated rings. The molecule has 0 aliphatic heterocycles. The van der Waals surface area contributed by atoms with Crippen molar-refractivity contribution in [2.24, 2.45) is 10.2 Å². The molecule has 3 aromatic rings. The van der Waals surface area contributed by atoms with E-state index in [9.17, 15) is 0 Å². The fourth-order valence-electron chi connectivity index (χ4n) is 2.40. The lowest BCUT2D eigenvalue weighted by atomic mass is 10.1. The summed E-state index contributed by atoms with van der Waals surface area (Å²) in [5, 5.41) is 11.2. The minimum atomic E-state index is 0.881. The molecular formula is C19H18N2. The summed E-state index contributed by atoms with van der Waals surface area (Å²) in [5.41, 5.74) is 5.51. The predicted octanol–water partition coefficient (Wildman–Crippen LogP) is 6.18. The van der Waals surface area contributed by atoms with Gasteiger partial charge < -0.3 is 0 Å². The second-order valence-electron chi connectivity index (χ2n) is 5.45. The average Bonchev–Trinajstić information content (AvgIpc) is 2.49. The molecule has 0 saturated carbocycles. The summed E-state index contributed by atoms with van der Waals surface area (Å²) < 4.78 is 0. The third kappa shape index (κ3) is 2.84. The van der Waals surface area contributed by atoms with Crippen LogP contribution < -0.4 is 0 Å². The minimum Gasteiger partial charge on any atom is -0.151 e. The summed E-state index contributed by atoms with van der Waals surface area (Å²) in [6.07, 6.45) is 0. The van der Waals surface area contributed by atoms with Crippen LogP contribution in [0.2, 0.25) is 0 Å². The Hall–Kier alpha value is -2.48. The number of rotatable bonds is 2. The van der Waals surface area contributed by atoms with Gasteiger partial charge in [0, 0.05) is 0 Å². The van der Waals surface area contributed by atoms with Gasteiger partial charge in [0.25, 0.3) is 0 Å². The Morgan fingerprint density at radius 1 is 0.619 bits per heavy atom. The largest absolute Gasteiger partial charge is 0.151 e. The fourth-order valence-corrected chi connectivity index (χ4v) is 2.40. The van der Waals surface area contributed by atoms with Crippen LogP contribution >= 0.6 is 0 Å². The van der Waals surface area contributed by atoms with Crippen LogP contribution in [0.1, 0.15) is 16.7 Å². The maximum absolute atomic E-state index is 4.41. The molecule has 3 aromatic carbocycles. The summed E-state index contributed by atoms with van der Waals surface area (Å²) in [6, 6.07) is 18.7. The second kappa shape index (κ2) is 5.49. The first-order valence-corrected chi connectivity index (χ1v) is 7.12. The Morgan fingerprint density at radius 2 is 1.33 bits per heavy atom. The fraction of sp³-hybridized carbons (Fsp3) is 0.158. The molecular weight excluding hydrogens is 256 g/mol. The van der Waals surface area contributed by atoms with E-state index < -0.39 is 0 Å². The highest BCUT2D eigenvalue weighted by Crippen LogP contribution is 2.26. The summed E-state index contributed by atoms with van der Waals surface area (Å²) in [6.45, 7) is 6.29. The van der Waals surface area contributed by atoms with E-state index in [1.807, 2.05) is 18.2 Å². The van der Waals surface area contributed by atoms with Crippen molar-refractivity contribution in [1.29, 1.82) is 0 Å². The van der Waals surface area contributed by atoms with Crippen LogP contribution in [0.5, 0.6) is 0 Å². The highest BCUT2D eigenvalue weighted by Gasteiger charge is 2.01. The van der Waals surface area contributed by atoms with Crippen LogP contribution in [0.25, 0.3) is 10.8 Å². The molecule has 104 valence electrons. The van der Waals surface area contributed by atoms with Crippen molar-refractivity contribution < 1.29 is 0 Å². The van der Waals surface area contributed by atoms with Crippen LogP contribution in [-0.4, -0.2) is 0 Å². The van der Waals surface area contributed by atoms with Gasteiger partial charge in [0.2, 0.25) is 0 Å². The minimum absolute atomic E-state index is 0.881. The van der Waals surface area contributed by atoms with Crippen molar-refractivity contribution in [3.8, 4) is 0 Å². The summed E-state index contributed by atoms with van der Waals surface area (Å²) in [7, 11) is 0. The van der Waals surface area contributed by atoms with Gasteiger partial charge in [-0.3, -0.25) is 0 Å². The second-order valence-corrected chi connectivity index (χ2v) is 5.45. The molecule has 0 N–H and O–H groups in total. The molecule has 0 heterocycles. The Bertz CT molecular complexity index is 832. The van der Waals surface area contributed by atoms with E-state index in [2.05, 4.69) is 67.4 Å². The smallest absolute Gasteiger partial charge is 0.0889 e. The molecule has 21 heavy (non-hydrogen) atoms. The van der Waals surface area contributed by atoms with E-state index in [4.69, 9.17) is 0 Å². The van der Waals surface area contributed by atoms with E-state index >= 15 is 0 Å². The van der Waals surface area contributed by atoms with Gasteiger partial charge in [-0.25, -0.2) is 0 Å². The van der Waals surface area contributed by atoms with Gasteiger partial charge in [-0.05, 0) is 66.4 Å². The molecule has 0 spiro atoms. The average molecular weight is 274 g/mol. The maximum Gasteiger partial charge on any atom is 0.0889 e. The Morgan fingerprint density at radius 3 is 2.14 bits per heavy atom. The topological polar surface area (TPSA) is 24.7 Å². The Balaban J connectivity index is 1.96. The number of azo groups is 1. The molecule has 0 radical (unpaired) electrons. The molecule has 2 nitrogen and oxygen atoms in total. The van der Waals surface area contributed by atoms with Crippen molar-refractivity contribution in [3.05, 3.63) is 71.3 Å². The zero-order valence-electron chi connectivity index (χ0n) is 12.6. The first-order chi connectivity index (χ1) is 10.1. The van der Waals surface area contributed by atoms with Crippen molar-refractivity contribution in [1.82, 2.24) is 0 Å². The van der Waals surface area contributed by atoms with Crippen LogP contribution in [-0.2, 0) is 0 Å². The summed E-state index contributed by atoms with van der Waals surface area (Å²) >= 11 is 0. The zero-order chi connectivity index (χ0) is 14.8. The summed E-state index contributed by atoms with van der Waals surface area (Å²) in [4.78, 5) is 0. The van der Waals surface area contributed by atoms with Crippen LogP contribution in [0.4, 0.5) is 11.4 Å². The Kier molecular flexibility index (Phi) is 3.53. The van der Waals surface area contributed by atoms with Gasteiger partial charge in [-0.2, -0.15) is 10.2 Å². The van der Waals surface area contributed by atoms with Gasteiger partial charge in [0.1, 0.15) is 0 Å². The van der Waals surface area contributed by atoms with E-state index in [0.717, 1.165) is 16.9 Å². The maximum atomic E-state index is 4.41. The van der Waals surface area contributed by atoms with Gasteiger partial charge in [-0.15, -0.1) is 0 Å². The van der Waals surface area contributed by atoms with Crippen molar-refractivity contribution in [3.63, 3.8) is 0 Å². The lowest BCUT2D eigenvalue weighted by molar-refractivity contribution is 1.19. The lowest BCUT2D eigenvalue weighted by Crippen LogP contribution is -1.83. The Labute approximate surface area is 125 Å². The van der Waals surface area contributed by atoms with Gasteiger partial charge in [-0.1, -0.05) is 36.4 Å². The highest BCUT2D eigenvalue weighted by molar-refractivity contribution is 5.85. The standard InChI is InChI=1S/C19H18N2/c1-13-10-15(3)19(11-14(13)2)21-20-18-9-8-16-6-4-5-7-17(16)12-18/h4-12H,1-3H3. The number of hydrogen-bond donors (Lipinski definition) is 0. The molecule has 0 aliphatic rings. The van der Waals surface area contributed by atoms with E-state index in [1.165, 1.54) is 21.9 Å². The highest BCUT2D eigenvalue weighted by atomic mass is 15.1. The summed E-state index contributed by atoms with van der Waals surface area (Å²) in [5.74, 6) is 0. The molecule has 3 rings (SSSR count). The number of fused-ring (bicyclic) bond motifs is 1. The number of benzene rings is 3. The van der Waals surface area contributed by atoms with E-state index in [-0.39, 0.29) is 0 Å². The zero-order valence-corrected chi connectivity index (χ0v) is 12.6. The number of nitrogens with zero attached hydrogens (tertiary/aromatic N) is 2. The molecule has 0 aromatic heterocycles. The molecule has 2 heteroatoms. The SMILES string of the molecule is Cc1cc(C)c(N=Nc2ccc3ccccc3c2)cc1C. The normalized spacial score (nSPS) is 11.4.